The first-order chi connectivity index (χ1) is 16.1. The number of aryl methyl sites for hydroxylation is 1. The van der Waals surface area contributed by atoms with Gasteiger partial charge in [-0.3, -0.25) is 4.79 Å². The van der Waals surface area contributed by atoms with Crippen LogP contribution in [0.4, 0.5) is 19.0 Å². The molecule has 0 aliphatic heterocycles. The van der Waals surface area contributed by atoms with Gasteiger partial charge in [-0.15, -0.1) is 0 Å². The van der Waals surface area contributed by atoms with Crippen LogP contribution in [0.3, 0.4) is 0 Å². The average Bonchev–Trinajstić information content (AvgIpc) is 2.81. The Labute approximate surface area is 195 Å². The number of nitrogens with zero attached hydrogens (tertiary/aromatic N) is 1. The molecule has 7 nitrogen and oxygen atoms in total. The number of sulfonamides is 1. The Morgan fingerprint density at radius 1 is 1.00 bits per heavy atom. The molecule has 0 bridgehead atoms. The van der Waals surface area contributed by atoms with E-state index in [4.69, 9.17) is 0 Å². The normalized spacial score (nSPS) is 11.8. The fourth-order valence-corrected chi connectivity index (χ4v) is 4.04. The highest BCUT2D eigenvalue weighted by atomic mass is 32.2. The van der Waals surface area contributed by atoms with Gasteiger partial charge in [0, 0.05) is 31.4 Å². The molecule has 180 valence electrons. The third-order valence-electron chi connectivity index (χ3n) is 4.88. The molecule has 0 saturated carbocycles. The molecule has 0 fully saturated rings. The van der Waals surface area contributed by atoms with Crippen molar-refractivity contribution in [2.75, 3.05) is 18.4 Å². The number of carbonyl (C=O) groups is 1. The van der Waals surface area contributed by atoms with Crippen molar-refractivity contribution in [3.05, 3.63) is 89.1 Å². The van der Waals surface area contributed by atoms with Crippen LogP contribution in [-0.2, 0) is 22.7 Å². The van der Waals surface area contributed by atoms with Gasteiger partial charge in [0.1, 0.15) is 5.82 Å². The summed E-state index contributed by atoms with van der Waals surface area (Å²) in [6, 6.07) is 15.4. The van der Waals surface area contributed by atoms with Gasteiger partial charge < -0.3 is 10.6 Å². The first-order valence-electron chi connectivity index (χ1n) is 10.3. The van der Waals surface area contributed by atoms with E-state index >= 15 is 0 Å². The van der Waals surface area contributed by atoms with Crippen molar-refractivity contribution in [2.24, 2.45) is 0 Å². The first kappa shape index (κ1) is 25.2. The molecule has 0 aliphatic carbocycles. The Morgan fingerprint density at radius 3 is 2.38 bits per heavy atom. The smallest absolute Gasteiger partial charge is 0.368 e. The topological polar surface area (TPSA) is 100 Å². The van der Waals surface area contributed by atoms with E-state index in [-0.39, 0.29) is 35.9 Å². The summed E-state index contributed by atoms with van der Waals surface area (Å²) in [5.74, 6) is -0.240. The molecule has 0 saturated heterocycles. The number of amides is 1. The van der Waals surface area contributed by atoms with E-state index in [9.17, 15) is 26.4 Å². The van der Waals surface area contributed by atoms with Crippen LogP contribution in [0.2, 0.25) is 0 Å². The number of hydrogen-bond donors (Lipinski definition) is 3. The second-order valence-corrected chi connectivity index (χ2v) is 9.17. The van der Waals surface area contributed by atoms with Gasteiger partial charge in [0.25, 0.3) is 5.91 Å². The zero-order valence-corrected chi connectivity index (χ0v) is 19.0. The van der Waals surface area contributed by atoms with Crippen LogP contribution in [0.1, 0.15) is 27.0 Å². The average molecular weight is 493 g/mol. The molecule has 1 aromatic heterocycles. The lowest BCUT2D eigenvalue weighted by Crippen LogP contribution is -2.30. The fraction of sp³-hybridized carbons (Fsp3) is 0.217. The SMILES string of the molecule is Cc1ccc(S(=O)(=O)NCc2ccccc2)cc1C(=O)NCCNc1ccc(C(F)(F)F)cn1. The summed E-state index contributed by atoms with van der Waals surface area (Å²) in [5, 5.41) is 5.47. The molecule has 3 N–H and O–H groups in total. The Hall–Kier alpha value is -3.44. The zero-order valence-electron chi connectivity index (χ0n) is 18.2. The van der Waals surface area contributed by atoms with Crippen molar-refractivity contribution in [3.8, 4) is 0 Å². The molecule has 1 heterocycles. The monoisotopic (exact) mass is 492 g/mol. The second kappa shape index (κ2) is 10.7. The molecular weight excluding hydrogens is 469 g/mol. The van der Waals surface area contributed by atoms with Crippen molar-refractivity contribution >= 4 is 21.7 Å². The maximum absolute atomic E-state index is 12.7. The van der Waals surface area contributed by atoms with Crippen LogP contribution in [0.5, 0.6) is 0 Å². The standard InChI is InChI=1S/C23H23F3N4O3S/c1-16-7-9-19(34(32,33)30-14-17-5-3-2-4-6-17)13-20(16)22(31)28-12-11-27-21-10-8-18(15-29-21)23(24,25)26/h2-10,13,15,30H,11-12,14H2,1H3,(H,27,29)(H,28,31). The quantitative estimate of drug-likeness (QED) is 0.396. The van der Waals surface area contributed by atoms with Gasteiger partial charge in [-0.25, -0.2) is 18.1 Å². The van der Waals surface area contributed by atoms with Crippen molar-refractivity contribution in [1.82, 2.24) is 15.0 Å². The highest BCUT2D eigenvalue weighted by Gasteiger charge is 2.30. The highest BCUT2D eigenvalue weighted by Crippen LogP contribution is 2.28. The van der Waals surface area contributed by atoms with Crippen LogP contribution >= 0.6 is 0 Å². The fourth-order valence-electron chi connectivity index (χ4n) is 3.00. The zero-order chi connectivity index (χ0) is 24.8. The molecule has 1 amide bonds. The maximum atomic E-state index is 12.7. The van der Waals surface area contributed by atoms with Crippen LogP contribution in [0, 0.1) is 6.92 Å². The molecule has 0 spiro atoms. The predicted octanol–water partition coefficient (Wildman–Crippen LogP) is 3.73. The number of halogens is 3. The number of aromatic nitrogens is 1. The number of nitrogens with one attached hydrogen (secondary N) is 3. The van der Waals surface area contributed by atoms with E-state index in [2.05, 4.69) is 20.3 Å². The lowest BCUT2D eigenvalue weighted by molar-refractivity contribution is -0.137. The first-order valence-corrected chi connectivity index (χ1v) is 11.7. The molecule has 0 radical (unpaired) electrons. The van der Waals surface area contributed by atoms with Crippen molar-refractivity contribution in [2.45, 2.75) is 24.5 Å². The van der Waals surface area contributed by atoms with E-state index in [0.717, 1.165) is 17.8 Å². The van der Waals surface area contributed by atoms with E-state index in [1.165, 1.54) is 18.2 Å². The summed E-state index contributed by atoms with van der Waals surface area (Å²) in [6.45, 7) is 2.15. The largest absolute Gasteiger partial charge is 0.417 e. The van der Waals surface area contributed by atoms with Crippen LogP contribution in [-0.4, -0.2) is 32.4 Å². The van der Waals surface area contributed by atoms with Gasteiger partial charge >= 0.3 is 6.18 Å². The van der Waals surface area contributed by atoms with Crippen molar-refractivity contribution in [1.29, 1.82) is 0 Å². The minimum atomic E-state index is -4.46. The molecule has 34 heavy (non-hydrogen) atoms. The summed E-state index contributed by atoms with van der Waals surface area (Å²) < 4.78 is 65.6. The summed E-state index contributed by atoms with van der Waals surface area (Å²) in [4.78, 5) is 16.3. The van der Waals surface area contributed by atoms with Crippen LogP contribution in [0.15, 0.2) is 71.8 Å². The highest BCUT2D eigenvalue weighted by molar-refractivity contribution is 7.89. The summed E-state index contributed by atoms with van der Waals surface area (Å²) in [6.07, 6.45) is -3.74. The van der Waals surface area contributed by atoms with Crippen molar-refractivity contribution in [3.63, 3.8) is 0 Å². The molecule has 0 atom stereocenters. The molecule has 2 aromatic carbocycles. The number of pyridine rings is 1. The number of hydrogen-bond acceptors (Lipinski definition) is 5. The minimum Gasteiger partial charge on any atom is -0.368 e. The Kier molecular flexibility index (Phi) is 7.90. The van der Waals surface area contributed by atoms with E-state index in [1.54, 1.807) is 37.3 Å². The second-order valence-electron chi connectivity index (χ2n) is 7.40. The molecule has 0 aliphatic rings. The van der Waals surface area contributed by atoms with Gasteiger partial charge in [-0.2, -0.15) is 13.2 Å². The van der Waals surface area contributed by atoms with Gasteiger partial charge in [0.05, 0.1) is 10.5 Å². The third-order valence-corrected chi connectivity index (χ3v) is 6.28. The lowest BCUT2D eigenvalue weighted by Gasteiger charge is -2.12. The molecule has 3 aromatic rings. The number of alkyl halides is 3. The van der Waals surface area contributed by atoms with Gasteiger partial charge in [0.15, 0.2) is 0 Å². The number of rotatable bonds is 9. The van der Waals surface area contributed by atoms with Gasteiger partial charge in [-0.1, -0.05) is 36.4 Å². The molecule has 3 rings (SSSR count). The number of anilines is 1. The Morgan fingerprint density at radius 2 is 1.74 bits per heavy atom. The minimum absolute atomic E-state index is 0.0359. The van der Waals surface area contributed by atoms with Crippen LogP contribution in [0.25, 0.3) is 0 Å². The Balaban J connectivity index is 1.57. The van der Waals surface area contributed by atoms with Gasteiger partial charge in [0.2, 0.25) is 10.0 Å². The lowest BCUT2D eigenvalue weighted by atomic mass is 10.1. The number of benzene rings is 2. The van der Waals surface area contributed by atoms with Crippen LogP contribution < -0.4 is 15.4 Å². The third kappa shape index (κ3) is 6.78. The maximum Gasteiger partial charge on any atom is 0.417 e. The van der Waals surface area contributed by atoms with E-state index in [0.29, 0.717) is 5.56 Å². The molecule has 0 unspecified atom stereocenters. The van der Waals surface area contributed by atoms with E-state index in [1.807, 2.05) is 6.07 Å². The van der Waals surface area contributed by atoms with E-state index < -0.39 is 27.7 Å². The molecular formula is C23H23F3N4O3S. The summed E-state index contributed by atoms with van der Waals surface area (Å²) in [5.41, 5.74) is 0.744. The molecule has 11 heteroatoms. The van der Waals surface area contributed by atoms with Gasteiger partial charge in [-0.05, 0) is 42.3 Å². The summed E-state index contributed by atoms with van der Waals surface area (Å²) in [7, 11) is -3.84. The Bertz CT molecular complexity index is 1230. The predicted molar refractivity (Wildman–Crippen MR) is 122 cm³/mol. The van der Waals surface area contributed by atoms with Crippen molar-refractivity contribution < 1.29 is 26.4 Å². The number of carbonyl (C=O) groups excluding carboxylic acids is 1. The summed E-state index contributed by atoms with van der Waals surface area (Å²) >= 11 is 0.